The second-order valence-electron chi connectivity index (χ2n) is 4.93. The number of amides is 2. The van der Waals surface area contributed by atoms with E-state index in [4.69, 9.17) is 0 Å². The number of nitrogens with zero attached hydrogens (tertiary/aromatic N) is 1. The Kier molecular flexibility index (Phi) is 5.17. The van der Waals surface area contributed by atoms with Gasteiger partial charge in [0.05, 0.1) is 10.2 Å². The molecule has 21 heavy (non-hydrogen) atoms. The first kappa shape index (κ1) is 15.8. The summed E-state index contributed by atoms with van der Waals surface area (Å²) in [4.78, 5) is 24.7. The maximum atomic E-state index is 13.9. The summed E-state index contributed by atoms with van der Waals surface area (Å²) >= 11 is 3.05. The van der Waals surface area contributed by atoms with Crippen molar-refractivity contribution in [3.05, 3.63) is 28.5 Å². The number of hydrogen-bond acceptors (Lipinski definition) is 2. The van der Waals surface area contributed by atoms with Crippen molar-refractivity contribution >= 4 is 33.6 Å². The molecule has 0 aliphatic carbocycles. The van der Waals surface area contributed by atoms with Gasteiger partial charge in [-0.05, 0) is 40.9 Å². The first-order valence-corrected chi connectivity index (χ1v) is 7.54. The van der Waals surface area contributed by atoms with Gasteiger partial charge < -0.3 is 10.4 Å². The molecule has 1 aliphatic heterocycles. The van der Waals surface area contributed by atoms with E-state index in [0.29, 0.717) is 13.0 Å². The summed E-state index contributed by atoms with van der Waals surface area (Å²) in [6, 6.07) is 3.80. The molecule has 1 unspecified atom stereocenters. The average molecular weight is 359 g/mol. The van der Waals surface area contributed by atoms with E-state index < -0.39 is 23.9 Å². The van der Waals surface area contributed by atoms with Crippen LogP contribution in [-0.2, 0) is 4.79 Å². The molecule has 1 aromatic rings. The Morgan fingerprint density at radius 2 is 2.10 bits per heavy atom. The molecule has 1 heterocycles. The van der Waals surface area contributed by atoms with Gasteiger partial charge in [-0.15, -0.1) is 0 Å². The number of nitrogens with one attached hydrogen (secondary N) is 1. The third kappa shape index (κ3) is 3.72. The zero-order valence-electron chi connectivity index (χ0n) is 11.3. The van der Waals surface area contributed by atoms with Gasteiger partial charge in [0, 0.05) is 6.54 Å². The first-order chi connectivity index (χ1) is 10.0. The van der Waals surface area contributed by atoms with Crippen LogP contribution >= 0.6 is 15.9 Å². The fraction of sp³-hybridized carbons (Fsp3) is 0.429. The Bertz CT molecular complexity index is 553. The predicted octanol–water partition coefficient (Wildman–Crippen LogP) is 3.45. The number of anilines is 1. The van der Waals surface area contributed by atoms with Gasteiger partial charge in [0.1, 0.15) is 6.04 Å². The summed E-state index contributed by atoms with van der Waals surface area (Å²) in [6.45, 7) is 0.328. The third-order valence-electron chi connectivity index (χ3n) is 3.51. The van der Waals surface area contributed by atoms with Gasteiger partial charge in [0.2, 0.25) is 5.91 Å². The normalized spacial score (nSPS) is 19.0. The molecule has 1 aromatic carbocycles. The fourth-order valence-corrected chi connectivity index (χ4v) is 2.79. The van der Waals surface area contributed by atoms with E-state index in [2.05, 4.69) is 21.2 Å². The molecule has 0 radical (unpaired) electrons. The van der Waals surface area contributed by atoms with Crippen molar-refractivity contribution in [2.75, 3.05) is 11.9 Å². The zero-order chi connectivity index (χ0) is 15.4. The van der Waals surface area contributed by atoms with E-state index in [9.17, 15) is 19.1 Å². The van der Waals surface area contributed by atoms with Crippen molar-refractivity contribution in [1.82, 2.24) is 4.90 Å². The van der Waals surface area contributed by atoms with Gasteiger partial charge in [-0.2, -0.15) is 0 Å². The summed E-state index contributed by atoms with van der Waals surface area (Å²) in [5.41, 5.74) is 0.0453. The number of carbonyl (C=O) groups excluding carboxylic acids is 1. The highest BCUT2D eigenvalue weighted by molar-refractivity contribution is 9.10. The van der Waals surface area contributed by atoms with Crippen LogP contribution in [0, 0.1) is 5.82 Å². The van der Waals surface area contributed by atoms with Crippen molar-refractivity contribution in [2.45, 2.75) is 31.7 Å². The van der Waals surface area contributed by atoms with Crippen LogP contribution in [-0.4, -0.2) is 34.6 Å². The maximum absolute atomic E-state index is 13.9. The smallest absolute Gasteiger partial charge is 0.407 e. The molecule has 2 rings (SSSR count). The minimum Gasteiger partial charge on any atom is -0.465 e. The summed E-state index contributed by atoms with van der Waals surface area (Å²) in [5, 5.41) is 11.7. The van der Waals surface area contributed by atoms with Gasteiger partial charge in [-0.25, -0.2) is 9.18 Å². The van der Waals surface area contributed by atoms with Crippen molar-refractivity contribution in [2.24, 2.45) is 0 Å². The van der Waals surface area contributed by atoms with Gasteiger partial charge in [0.25, 0.3) is 0 Å². The van der Waals surface area contributed by atoms with Crippen LogP contribution < -0.4 is 5.32 Å². The highest BCUT2D eigenvalue weighted by Crippen LogP contribution is 2.24. The first-order valence-electron chi connectivity index (χ1n) is 6.75. The molecule has 0 aromatic heterocycles. The average Bonchev–Trinajstić information content (AvgIpc) is 2.69. The van der Waals surface area contributed by atoms with Crippen molar-refractivity contribution in [1.29, 1.82) is 0 Å². The van der Waals surface area contributed by atoms with Crippen LogP contribution in [0.25, 0.3) is 0 Å². The Labute approximate surface area is 130 Å². The van der Waals surface area contributed by atoms with Gasteiger partial charge >= 0.3 is 6.09 Å². The SMILES string of the molecule is O=C(Nc1cccc(Br)c1F)C1CCCCCN1C(=O)O. The highest BCUT2D eigenvalue weighted by atomic mass is 79.9. The molecule has 0 bridgehead atoms. The minimum absolute atomic E-state index is 0.0453. The van der Waals surface area contributed by atoms with E-state index in [-0.39, 0.29) is 10.2 Å². The third-order valence-corrected chi connectivity index (χ3v) is 4.12. The largest absolute Gasteiger partial charge is 0.465 e. The predicted molar refractivity (Wildman–Crippen MR) is 79.7 cm³/mol. The second-order valence-corrected chi connectivity index (χ2v) is 5.79. The topological polar surface area (TPSA) is 69.6 Å². The van der Waals surface area contributed by atoms with E-state index in [0.717, 1.165) is 24.2 Å². The lowest BCUT2D eigenvalue weighted by Crippen LogP contribution is -2.46. The Hall–Kier alpha value is -1.63. The number of benzene rings is 1. The van der Waals surface area contributed by atoms with Crippen LogP contribution in [0.3, 0.4) is 0 Å². The summed E-state index contributed by atoms with van der Waals surface area (Å²) in [6.07, 6.45) is 1.74. The molecule has 2 amide bonds. The van der Waals surface area contributed by atoms with Crippen LogP contribution in [0.15, 0.2) is 22.7 Å². The van der Waals surface area contributed by atoms with Gasteiger partial charge in [-0.3, -0.25) is 9.69 Å². The lowest BCUT2D eigenvalue weighted by atomic mass is 10.1. The molecule has 7 heteroatoms. The van der Waals surface area contributed by atoms with E-state index in [1.807, 2.05) is 0 Å². The van der Waals surface area contributed by atoms with Crippen molar-refractivity contribution in [3.8, 4) is 0 Å². The second kappa shape index (κ2) is 6.89. The van der Waals surface area contributed by atoms with Gasteiger partial charge in [-0.1, -0.05) is 18.9 Å². The zero-order valence-corrected chi connectivity index (χ0v) is 12.9. The van der Waals surface area contributed by atoms with E-state index >= 15 is 0 Å². The Morgan fingerprint density at radius 1 is 1.33 bits per heavy atom. The number of halogens is 2. The Morgan fingerprint density at radius 3 is 2.81 bits per heavy atom. The molecule has 114 valence electrons. The molecule has 0 spiro atoms. The molecule has 1 fully saturated rings. The van der Waals surface area contributed by atoms with Crippen molar-refractivity contribution < 1.29 is 19.1 Å². The van der Waals surface area contributed by atoms with Crippen molar-refractivity contribution in [3.63, 3.8) is 0 Å². The minimum atomic E-state index is -1.12. The number of rotatable bonds is 2. The van der Waals surface area contributed by atoms with Crippen LogP contribution in [0.1, 0.15) is 25.7 Å². The number of hydrogen-bond donors (Lipinski definition) is 2. The van der Waals surface area contributed by atoms with E-state index in [1.165, 1.54) is 12.1 Å². The van der Waals surface area contributed by atoms with Crippen LogP contribution in [0.2, 0.25) is 0 Å². The molecule has 5 nitrogen and oxygen atoms in total. The standard InChI is InChI=1S/C14H16BrFN2O3/c15-9-5-4-6-10(12(9)16)17-13(19)11-7-2-1-3-8-18(11)14(20)21/h4-6,11H,1-3,7-8H2,(H,17,19)(H,20,21). The Balaban J connectivity index is 2.17. The number of carbonyl (C=O) groups is 2. The summed E-state index contributed by atoms with van der Waals surface area (Å²) in [7, 11) is 0. The monoisotopic (exact) mass is 358 g/mol. The van der Waals surface area contributed by atoms with Crippen LogP contribution in [0.5, 0.6) is 0 Å². The quantitative estimate of drug-likeness (QED) is 0.850. The molecule has 1 saturated heterocycles. The molecule has 0 saturated carbocycles. The molecule has 2 N–H and O–H groups in total. The molecular formula is C14H16BrFN2O3. The highest BCUT2D eigenvalue weighted by Gasteiger charge is 2.31. The lowest BCUT2D eigenvalue weighted by Gasteiger charge is -2.26. The summed E-state index contributed by atoms with van der Waals surface area (Å²) < 4.78 is 14.1. The number of carboxylic acid groups (broad SMARTS) is 1. The molecule has 1 atom stereocenters. The lowest BCUT2D eigenvalue weighted by molar-refractivity contribution is -0.120. The molecular weight excluding hydrogens is 343 g/mol. The molecule has 1 aliphatic rings. The van der Waals surface area contributed by atoms with Crippen LogP contribution in [0.4, 0.5) is 14.9 Å². The number of likely N-dealkylation sites (tertiary alicyclic amines) is 1. The maximum Gasteiger partial charge on any atom is 0.407 e. The fourth-order valence-electron chi connectivity index (χ4n) is 2.43. The van der Waals surface area contributed by atoms with Gasteiger partial charge in [0.15, 0.2) is 5.82 Å². The summed E-state index contributed by atoms with van der Waals surface area (Å²) in [5.74, 6) is -1.06. The van der Waals surface area contributed by atoms with E-state index in [1.54, 1.807) is 6.07 Å².